The SMILES string of the molecule is CC(C)N(CC1CC1)S(=O)(=O)c1cccc(S(=O)(=O)Cl)c1. The second-order valence-corrected chi connectivity index (χ2v) is 9.98. The van der Waals surface area contributed by atoms with Gasteiger partial charge in [-0.15, -0.1) is 0 Å². The number of hydrogen-bond acceptors (Lipinski definition) is 4. The fourth-order valence-electron chi connectivity index (χ4n) is 2.06. The van der Waals surface area contributed by atoms with E-state index in [4.69, 9.17) is 10.7 Å². The number of rotatable bonds is 6. The van der Waals surface area contributed by atoms with Gasteiger partial charge in [-0.05, 0) is 50.8 Å². The summed E-state index contributed by atoms with van der Waals surface area (Å²) in [5.41, 5.74) is 0. The van der Waals surface area contributed by atoms with E-state index in [9.17, 15) is 16.8 Å². The van der Waals surface area contributed by atoms with Crippen molar-refractivity contribution in [1.82, 2.24) is 4.31 Å². The first-order chi connectivity index (χ1) is 9.62. The van der Waals surface area contributed by atoms with E-state index >= 15 is 0 Å². The zero-order valence-electron chi connectivity index (χ0n) is 11.9. The molecule has 0 amide bonds. The molecule has 0 radical (unpaired) electrons. The zero-order valence-corrected chi connectivity index (χ0v) is 14.2. The molecule has 0 saturated heterocycles. The van der Waals surface area contributed by atoms with Crippen molar-refractivity contribution in [1.29, 1.82) is 0 Å². The van der Waals surface area contributed by atoms with Crippen molar-refractivity contribution in [2.75, 3.05) is 6.54 Å². The highest BCUT2D eigenvalue weighted by Gasteiger charge is 2.33. The van der Waals surface area contributed by atoms with Gasteiger partial charge < -0.3 is 0 Å². The van der Waals surface area contributed by atoms with Gasteiger partial charge in [-0.25, -0.2) is 16.8 Å². The van der Waals surface area contributed by atoms with Crippen LogP contribution in [-0.4, -0.2) is 33.7 Å². The summed E-state index contributed by atoms with van der Waals surface area (Å²) in [6.45, 7) is 4.09. The van der Waals surface area contributed by atoms with Crippen molar-refractivity contribution >= 4 is 29.8 Å². The molecule has 21 heavy (non-hydrogen) atoms. The zero-order chi connectivity index (χ0) is 15.8. The van der Waals surface area contributed by atoms with Crippen LogP contribution < -0.4 is 0 Å². The molecule has 0 aromatic heterocycles. The molecule has 1 aliphatic carbocycles. The van der Waals surface area contributed by atoms with Crippen molar-refractivity contribution in [2.45, 2.75) is 42.5 Å². The highest BCUT2D eigenvalue weighted by Crippen LogP contribution is 2.33. The molecule has 1 saturated carbocycles. The Morgan fingerprint density at radius 1 is 1.19 bits per heavy atom. The van der Waals surface area contributed by atoms with E-state index in [1.54, 1.807) is 0 Å². The maximum absolute atomic E-state index is 12.7. The van der Waals surface area contributed by atoms with Crippen LogP contribution in [0.3, 0.4) is 0 Å². The minimum absolute atomic E-state index is 0.0430. The van der Waals surface area contributed by atoms with Crippen LogP contribution in [0.4, 0.5) is 0 Å². The monoisotopic (exact) mass is 351 g/mol. The van der Waals surface area contributed by atoms with Crippen LogP contribution in [0.25, 0.3) is 0 Å². The summed E-state index contributed by atoms with van der Waals surface area (Å²) in [6.07, 6.45) is 2.07. The molecule has 0 N–H and O–H groups in total. The molecule has 5 nitrogen and oxygen atoms in total. The summed E-state index contributed by atoms with van der Waals surface area (Å²) in [7, 11) is -2.40. The average Bonchev–Trinajstić information content (AvgIpc) is 3.18. The van der Waals surface area contributed by atoms with Gasteiger partial charge in [0.1, 0.15) is 0 Å². The summed E-state index contributed by atoms with van der Waals surface area (Å²) in [6, 6.07) is 4.98. The van der Waals surface area contributed by atoms with E-state index in [1.807, 2.05) is 13.8 Å². The van der Waals surface area contributed by atoms with Gasteiger partial charge in [0.15, 0.2) is 0 Å². The van der Waals surface area contributed by atoms with Crippen LogP contribution in [0.2, 0.25) is 0 Å². The van der Waals surface area contributed by atoms with E-state index < -0.39 is 19.1 Å². The number of halogens is 1. The Morgan fingerprint density at radius 2 is 1.76 bits per heavy atom. The van der Waals surface area contributed by atoms with Gasteiger partial charge in [0.05, 0.1) is 9.79 Å². The maximum atomic E-state index is 12.7. The molecule has 118 valence electrons. The van der Waals surface area contributed by atoms with Crippen molar-refractivity contribution in [3.8, 4) is 0 Å². The minimum Gasteiger partial charge on any atom is -0.207 e. The molecular formula is C13H18ClNO4S2. The highest BCUT2D eigenvalue weighted by molar-refractivity contribution is 8.13. The first-order valence-electron chi connectivity index (χ1n) is 6.69. The first kappa shape index (κ1) is 16.7. The Morgan fingerprint density at radius 3 is 2.24 bits per heavy atom. The largest absolute Gasteiger partial charge is 0.261 e. The molecule has 0 aliphatic heterocycles. The molecule has 1 aromatic rings. The van der Waals surface area contributed by atoms with Gasteiger partial charge in [-0.1, -0.05) is 6.07 Å². The van der Waals surface area contributed by atoms with Crippen LogP contribution in [0.5, 0.6) is 0 Å². The summed E-state index contributed by atoms with van der Waals surface area (Å²) in [5.74, 6) is 0.405. The first-order valence-corrected chi connectivity index (χ1v) is 10.4. The van der Waals surface area contributed by atoms with Crippen molar-refractivity contribution in [2.24, 2.45) is 5.92 Å². The molecular weight excluding hydrogens is 334 g/mol. The lowest BCUT2D eigenvalue weighted by Crippen LogP contribution is -2.38. The number of benzene rings is 1. The van der Waals surface area contributed by atoms with Gasteiger partial charge in [0.25, 0.3) is 9.05 Å². The standard InChI is InChI=1S/C13H18ClNO4S2/c1-10(2)15(9-11-6-7-11)21(18,19)13-5-3-4-12(8-13)20(14,16)17/h3-5,8,10-11H,6-7,9H2,1-2H3. The quantitative estimate of drug-likeness (QED) is 0.738. The second-order valence-electron chi connectivity index (χ2n) is 5.52. The lowest BCUT2D eigenvalue weighted by Gasteiger charge is -2.26. The Labute approximate surface area is 130 Å². The third kappa shape index (κ3) is 3.97. The lowest BCUT2D eigenvalue weighted by atomic mass is 10.3. The Kier molecular flexibility index (Phi) is 4.68. The van der Waals surface area contributed by atoms with Crippen molar-refractivity contribution in [3.63, 3.8) is 0 Å². The molecule has 0 bridgehead atoms. The average molecular weight is 352 g/mol. The van der Waals surface area contributed by atoms with Crippen molar-refractivity contribution in [3.05, 3.63) is 24.3 Å². The summed E-state index contributed by atoms with van der Waals surface area (Å²) < 4.78 is 49.6. The number of sulfonamides is 1. The number of nitrogens with zero attached hydrogens (tertiary/aromatic N) is 1. The molecule has 1 aromatic carbocycles. The summed E-state index contributed by atoms with van der Waals surface area (Å²) in [5, 5.41) is 0. The molecule has 0 atom stereocenters. The van der Waals surface area contributed by atoms with Gasteiger partial charge >= 0.3 is 0 Å². The van der Waals surface area contributed by atoms with E-state index in [0.29, 0.717) is 12.5 Å². The normalized spacial score (nSPS) is 16.6. The van der Waals surface area contributed by atoms with Crippen molar-refractivity contribution < 1.29 is 16.8 Å². The van der Waals surface area contributed by atoms with Crippen LogP contribution in [-0.2, 0) is 19.1 Å². The Bertz CT molecular complexity index is 724. The van der Waals surface area contributed by atoms with Crippen LogP contribution >= 0.6 is 10.7 Å². The molecule has 1 fully saturated rings. The topological polar surface area (TPSA) is 71.5 Å². The van der Waals surface area contributed by atoms with Gasteiger partial charge in [0.2, 0.25) is 10.0 Å². The fraction of sp³-hybridized carbons (Fsp3) is 0.538. The van der Waals surface area contributed by atoms with Crippen LogP contribution in [0.15, 0.2) is 34.1 Å². The predicted molar refractivity (Wildman–Crippen MR) is 81.2 cm³/mol. The van der Waals surface area contributed by atoms with Gasteiger partial charge in [-0.2, -0.15) is 4.31 Å². The Hall–Kier alpha value is -0.630. The van der Waals surface area contributed by atoms with Gasteiger partial charge in [0, 0.05) is 23.3 Å². The molecule has 1 aliphatic rings. The molecule has 0 unspecified atom stereocenters. The van der Waals surface area contributed by atoms with Crippen LogP contribution in [0.1, 0.15) is 26.7 Å². The highest BCUT2D eigenvalue weighted by atomic mass is 35.7. The van der Waals surface area contributed by atoms with E-state index in [0.717, 1.165) is 18.9 Å². The minimum atomic E-state index is -3.95. The van der Waals surface area contributed by atoms with Crippen LogP contribution in [0, 0.1) is 5.92 Å². The fourth-order valence-corrected chi connectivity index (χ4v) is 4.69. The molecule has 8 heteroatoms. The summed E-state index contributed by atoms with van der Waals surface area (Å²) in [4.78, 5) is -0.251. The van der Waals surface area contributed by atoms with E-state index in [2.05, 4.69) is 0 Å². The molecule has 0 heterocycles. The maximum Gasteiger partial charge on any atom is 0.261 e. The van der Waals surface area contributed by atoms with E-state index in [-0.39, 0.29) is 15.8 Å². The van der Waals surface area contributed by atoms with Gasteiger partial charge in [-0.3, -0.25) is 0 Å². The number of hydrogen-bond donors (Lipinski definition) is 0. The third-order valence-corrected chi connectivity index (χ3v) is 6.79. The third-order valence-electron chi connectivity index (χ3n) is 3.40. The smallest absolute Gasteiger partial charge is 0.207 e. The predicted octanol–water partition coefficient (Wildman–Crippen LogP) is 2.42. The second kappa shape index (κ2) is 5.87. The summed E-state index contributed by atoms with van der Waals surface area (Å²) >= 11 is 0. The van der Waals surface area contributed by atoms with E-state index in [1.165, 1.54) is 22.5 Å². The Balaban J connectivity index is 2.42. The molecule has 2 rings (SSSR count). The molecule has 0 spiro atoms. The lowest BCUT2D eigenvalue weighted by molar-refractivity contribution is 0.341.